The molecule has 0 atom stereocenters. The van der Waals surface area contributed by atoms with E-state index in [2.05, 4.69) is 11.9 Å². The van der Waals surface area contributed by atoms with E-state index in [0.717, 1.165) is 25.1 Å². The van der Waals surface area contributed by atoms with Gasteiger partial charge in [-0.3, -0.25) is 4.79 Å². The Morgan fingerprint density at radius 3 is 2.80 bits per heavy atom. The molecule has 0 unspecified atom stereocenters. The third-order valence-corrected chi connectivity index (χ3v) is 2.15. The number of pyridine rings is 1. The number of unbranched alkanes of at least 4 members (excludes halogenated alkanes) is 3. The standard InChI is InChI=1S/C12H17NO2/c1-2-3-4-5-8-15-12-7-6-11(10-14)13-9-12/h6-7,9-10H,2-5,8H2,1H3. The lowest BCUT2D eigenvalue weighted by atomic mass is 10.2. The third-order valence-electron chi connectivity index (χ3n) is 2.15. The van der Waals surface area contributed by atoms with Crippen LogP contribution in [-0.2, 0) is 0 Å². The summed E-state index contributed by atoms with van der Waals surface area (Å²) >= 11 is 0. The van der Waals surface area contributed by atoms with E-state index in [1.807, 2.05) is 0 Å². The number of carbonyl (C=O) groups excluding carboxylic acids is 1. The van der Waals surface area contributed by atoms with Gasteiger partial charge in [-0.2, -0.15) is 0 Å². The Hall–Kier alpha value is -1.38. The molecule has 1 aromatic heterocycles. The lowest BCUT2D eigenvalue weighted by Gasteiger charge is -2.04. The predicted molar refractivity (Wildman–Crippen MR) is 59.3 cm³/mol. The van der Waals surface area contributed by atoms with Crippen LogP contribution in [0.15, 0.2) is 18.3 Å². The van der Waals surface area contributed by atoms with Gasteiger partial charge in [0.2, 0.25) is 0 Å². The van der Waals surface area contributed by atoms with E-state index in [-0.39, 0.29) is 0 Å². The first-order valence-electron chi connectivity index (χ1n) is 5.41. The number of hydrogen-bond donors (Lipinski definition) is 0. The van der Waals surface area contributed by atoms with Crippen molar-refractivity contribution in [3.8, 4) is 5.75 Å². The number of aromatic nitrogens is 1. The molecule has 15 heavy (non-hydrogen) atoms. The molecule has 0 spiro atoms. The van der Waals surface area contributed by atoms with Gasteiger partial charge in [-0.1, -0.05) is 26.2 Å². The molecule has 0 N–H and O–H groups in total. The summed E-state index contributed by atoms with van der Waals surface area (Å²) in [6, 6.07) is 3.44. The monoisotopic (exact) mass is 207 g/mol. The number of aldehydes is 1. The van der Waals surface area contributed by atoms with Gasteiger partial charge in [0, 0.05) is 0 Å². The highest BCUT2D eigenvalue weighted by Crippen LogP contribution is 2.09. The van der Waals surface area contributed by atoms with Crippen molar-refractivity contribution in [2.75, 3.05) is 6.61 Å². The van der Waals surface area contributed by atoms with Gasteiger partial charge < -0.3 is 4.74 Å². The molecule has 0 amide bonds. The number of nitrogens with zero attached hydrogens (tertiary/aromatic N) is 1. The van der Waals surface area contributed by atoms with Crippen molar-refractivity contribution in [1.82, 2.24) is 4.98 Å². The quantitative estimate of drug-likeness (QED) is 0.509. The minimum absolute atomic E-state index is 0.438. The fourth-order valence-corrected chi connectivity index (χ4v) is 1.27. The van der Waals surface area contributed by atoms with Gasteiger partial charge in [-0.05, 0) is 18.6 Å². The molecule has 1 heterocycles. The Bertz CT molecular complexity index is 282. The van der Waals surface area contributed by atoms with E-state index in [4.69, 9.17) is 4.74 Å². The second-order valence-electron chi connectivity index (χ2n) is 3.45. The van der Waals surface area contributed by atoms with Crippen LogP contribution in [-0.4, -0.2) is 17.9 Å². The highest BCUT2D eigenvalue weighted by atomic mass is 16.5. The van der Waals surface area contributed by atoms with Crippen LogP contribution in [0.3, 0.4) is 0 Å². The van der Waals surface area contributed by atoms with Crippen LogP contribution in [0.1, 0.15) is 43.1 Å². The van der Waals surface area contributed by atoms with Crippen LogP contribution in [0, 0.1) is 0 Å². The zero-order valence-corrected chi connectivity index (χ0v) is 9.11. The molecule has 0 saturated carbocycles. The zero-order valence-electron chi connectivity index (χ0n) is 9.11. The smallest absolute Gasteiger partial charge is 0.168 e. The average molecular weight is 207 g/mol. The molecule has 82 valence electrons. The maximum atomic E-state index is 10.3. The second kappa shape index (κ2) is 6.98. The van der Waals surface area contributed by atoms with Crippen LogP contribution in [0.25, 0.3) is 0 Å². The molecular weight excluding hydrogens is 190 g/mol. The maximum Gasteiger partial charge on any atom is 0.168 e. The van der Waals surface area contributed by atoms with E-state index in [1.165, 1.54) is 19.3 Å². The van der Waals surface area contributed by atoms with Crippen molar-refractivity contribution in [3.05, 3.63) is 24.0 Å². The molecule has 1 rings (SSSR count). The fraction of sp³-hybridized carbons (Fsp3) is 0.500. The summed E-state index contributed by atoms with van der Waals surface area (Å²) in [7, 11) is 0. The summed E-state index contributed by atoms with van der Waals surface area (Å²) in [6.45, 7) is 2.91. The van der Waals surface area contributed by atoms with Gasteiger partial charge in [0.15, 0.2) is 6.29 Å². The van der Waals surface area contributed by atoms with Crippen molar-refractivity contribution >= 4 is 6.29 Å². The summed E-state index contributed by atoms with van der Waals surface area (Å²) in [5.74, 6) is 0.733. The number of hydrogen-bond acceptors (Lipinski definition) is 3. The van der Waals surface area contributed by atoms with Crippen molar-refractivity contribution in [1.29, 1.82) is 0 Å². The number of carbonyl (C=O) groups is 1. The first-order chi connectivity index (χ1) is 7.36. The highest BCUT2D eigenvalue weighted by molar-refractivity contribution is 5.71. The van der Waals surface area contributed by atoms with Crippen LogP contribution in [0.5, 0.6) is 5.75 Å². The molecule has 3 heteroatoms. The van der Waals surface area contributed by atoms with Crippen molar-refractivity contribution in [2.45, 2.75) is 32.6 Å². The van der Waals surface area contributed by atoms with Crippen molar-refractivity contribution in [2.24, 2.45) is 0 Å². The van der Waals surface area contributed by atoms with E-state index in [0.29, 0.717) is 5.69 Å². The number of rotatable bonds is 7. The summed E-state index contributed by atoms with van der Waals surface area (Å²) in [5.41, 5.74) is 0.438. The Morgan fingerprint density at radius 2 is 2.20 bits per heavy atom. The minimum Gasteiger partial charge on any atom is -0.492 e. The molecular formula is C12H17NO2. The second-order valence-corrected chi connectivity index (χ2v) is 3.45. The van der Waals surface area contributed by atoms with E-state index >= 15 is 0 Å². The maximum absolute atomic E-state index is 10.3. The van der Waals surface area contributed by atoms with Crippen LogP contribution >= 0.6 is 0 Å². The Balaban J connectivity index is 2.22. The van der Waals surface area contributed by atoms with Crippen LogP contribution in [0.2, 0.25) is 0 Å². The molecule has 3 nitrogen and oxygen atoms in total. The van der Waals surface area contributed by atoms with E-state index < -0.39 is 0 Å². The third kappa shape index (κ3) is 4.58. The first-order valence-corrected chi connectivity index (χ1v) is 5.41. The molecule has 0 fully saturated rings. The zero-order chi connectivity index (χ0) is 10.9. The van der Waals surface area contributed by atoms with Crippen molar-refractivity contribution < 1.29 is 9.53 Å². The Morgan fingerprint density at radius 1 is 1.33 bits per heavy atom. The van der Waals surface area contributed by atoms with Crippen LogP contribution in [0.4, 0.5) is 0 Å². The SMILES string of the molecule is CCCCCCOc1ccc(C=O)nc1. The first kappa shape index (κ1) is 11.7. The average Bonchev–Trinajstić information content (AvgIpc) is 2.30. The summed E-state index contributed by atoms with van der Waals surface area (Å²) < 4.78 is 5.47. The summed E-state index contributed by atoms with van der Waals surface area (Å²) in [5, 5.41) is 0. The van der Waals surface area contributed by atoms with E-state index in [9.17, 15) is 4.79 Å². The topological polar surface area (TPSA) is 39.2 Å². The number of ether oxygens (including phenoxy) is 1. The fourth-order valence-electron chi connectivity index (χ4n) is 1.27. The van der Waals surface area contributed by atoms with Gasteiger partial charge >= 0.3 is 0 Å². The Kier molecular flexibility index (Phi) is 5.44. The molecule has 0 aromatic carbocycles. The molecule has 0 aliphatic carbocycles. The lowest BCUT2D eigenvalue weighted by Crippen LogP contribution is -1.98. The van der Waals surface area contributed by atoms with Gasteiger partial charge in [0.1, 0.15) is 11.4 Å². The molecule has 0 saturated heterocycles. The summed E-state index contributed by atoms with van der Waals surface area (Å²) in [6.07, 6.45) is 7.08. The van der Waals surface area contributed by atoms with Crippen molar-refractivity contribution in [3.63, 3.8) is 0 Å². The molecule has 1 aromatic rings. The molecule has 0 aliphatic heterocycles. The van der Waals surface area contributed by atoms with E-state index in [1.54, 1.807) is 18.3 Å². The molecule has 0 bridgehead atoms. The summed E-state index contributed by atoms with van der Waals surface area (Å²) in [4.78, 5) is 14.3. The van der Waals surface area contributed by atoms with Gasteiger partial charge in [-0.25, -0.2) is 4.98 Å². The Labute approximate surface area is 90.5 Å². The predicted octanol–water partition coefficient (Wildman–Crippen LogP) is 2.85. The normalized spacial score (nSPS) is 9.93. The highest BCUT2D eigenvalue weighted by Gasteiger charge is 1.95. The minimum atomic E-state index is 0.438. The lowest BCUT2D eigenvalue weighted by molar-refractivity contribution is 0.111. The van der Waals surface area contributed by atoms with Gasteiger partial charge in [-0.15, -0.1) is 0 Å². The molecule has 0 radical (unpaired) electrons. The largest absolute Gasteiger partial charge is 0.492 e. The molecule has 0 aliphatic rings. The van der Waals surface area contributed by atoms with Crippen LogP contribution < -0.4 is 4.74 Å². The van der Waals surface area contributed by atoms with Gasteiger partial charge in [0.25, 0.3) is 0 Å². The van der Waals surface area contributed by atoms with Gasteiger partial charge in [0.05, 0.1) is 12.8 Å².